The van der Waals surface area contributed by atoms with E-state index in [0.29, 0.717) is 30.2 Å². The van der Waals surface area contributed by atoms with E-state index in [1.54, 1.807) is 4.57 Å². The van der Waals surface area contributed by atoms with Crippen LogP contribution in [0.25, 0.3) is 11.2 Å². The minimum absolute atomic E-state index is 0.143. The Morgan fingerprint density at radius 2 is 2.27 bits per heavy atom. The number of rotatable bonds is 4. The third kappa shape index (κ3) is 3.01. The van der Waals surface area contributed by atoms with Gasteiger partial charge in [0.15, 0.2) is 0 Å². The fraction of sp³-hybridized carbons (Fsp3) is 0.583. The van der Waals surface area contributed by atoms with Crippen LogP contribution in [0.3, 0.4) is 0 Å². The van der Waals surface area contributed by atoms with Gasteiger partial charge in [-0.05, 0) is 0 Å². The number of nitrogens with zero attached hydrogens (tertiary/aromatic N) is 4. The van der Waals surface area contributed by atoms with Crippen LogP contribution in [0.4, 0.5) is 11.8 Å². The molecule has 4 heterocycles. The van der Waals surface area contributed by atoms with E-state index in [4.69, 9.17) is 25.3 Å². The third-order valence-electron chi connectivity index (χ3n) is 4.33. The van der Waals surface area contributed by atoms with E-state index in [2.05, 4.69) is 20.3 Å². The molecule has 2 aliphatic rings. The van der Waals surface area contributed by atoms with Gasteiger partial charge < -0.3 is 0 Å². The topological polar surface area (TPSA) is 176 Å². The molecule has 2 fully saturated rings. The van der Waals surface area contributed by atoms with Gasteiger partial charge in [-0.2, -0.15) is 0 Å². The zero-order valence-electron chi connectivity index (χ0n) is 14.1. The van der Waals surface area contributed by atoms with Crippen LogP contribution in [0, 0.1) is 0 Å². The summed E-state index contributed by atoms with van der Waals surface area (Å²) in [6.45, 7) is 1.04. The zero-order valence-corrected chi connectivity index (χ0v) is 15.1. The number of hydrogen-bond acceptors (Lipinski definition) is 11. The first-order chi connectivity index (χ1) is 12.4. The molecule has 4 rings (SSSR count). The maximum absolute atomic E-state index is 10.7. The quantitative estimate of drug-likeness (QED) is 0.277. The summed E-state index contributed by atoms with van der Waals surface area (Å²) < 4.78 is 18.3. The van der Waals surface area contributed by atoms with Crippen molar-refractivity contribution < 1.29 is 23.8 Å². The molecule has 2 saturated heterocycles. The van der Waals surface area contributed by atoms with Crippen LogP contribution in [0.15, 0.2) is 6.33 Å². The van der Waals surface area contributed by atoms with E-state index in [-0.39, 0.29) is 12.4 Å². The molecule has 2 aromatic heterocycles. The van der Waals surface area contributed by atoms with Gasteiger partial charge >= 0.3 is 149 Å². The third-order valence-corrected chi connectivity index (χ3v) is 5.74. The number of nitrogens with two attached hydrogens (primary N) is 2. The van der Waals surface area contributed by atoms with Gasteiger partial charge in [0.05, 0.1) is 0 Å². The van der Waals surface area contributed by atoms with Crippen molar-refractivity contribution >= 4 is 38.3 Å². The van der Waals surface area contributed by atoms with Crippen LogP contribution < -0.4 is 16.8 Å². The van der Waals surface area contributed by atoms with Gasteiger partial charge in [0.2, 0.25) is 0 Å². The number of imidazole rings is 1. The average Bonchev–Trinajstić information content (AvgIpc) is 3.14. The van der Waals surface area contributed by atoms with E-state index in [0.717, 1.165) is 0 Å². The molecule has 14 heteroatoms. The van der Waals surface area contributed by atoms with Gasteiger partial charge in [-0.3, -0.25) is 0 Å². The van der Waals surface area contributed by atoms with Crippen LogP contribution in [-0.4, -0.2) is 75.1 Å². The second kappa shape index (κ2) is 6.53. The fourth-order valence-electron chi connectivity index (χ4n) is 3.14. The van der Waals surface area contributed by atoms with Crippen molar-refractivity contribution in [2.75, 3.05) is 30.7 Å². The Morgan fingerprint density at radius 1 is 1.46 bits per heavy atom. The van der Waals surface area contributed by atoms with Gasteiger partial charge in [-0.25, -0.2) is 0 Å². The summed E-state index contributed by atoms with van der Waals surface area (Å²) >= 11 is 0. The molecule has 0 aliphatic carbocycles. The first-order valence-corrected chi connectivity index (χ1v) is 10.5. The van der Waals surface area contributed by atoms with Crippen LogP contribution in [-0.2, 0) is 13.8 Å². The van der Waals surface area contributed by atoms with Crippen LogP contribution in [0.1, 0.15) is 6.23 Å². The van der Waals surface area contributed by atoms with E-state index in [1.807, 2.05) is 0 Å². The van der Waals surface area contributed by atoms with Gasteiger partial charge in [-0.1, -0.05) is 0 Å². The molecule has 0 saturated carbocycles. The second-order valence-corrected chi connectivity index (χ2v) is 8.64. The van der Waals surface area contributed by atoms with Gasteiger partial charge in [-0.15, -0.1) is 0 Å². The van der Waals surface area contributed by atoms with Crippen molar-refractivity contribution in [3.63, 3.8) is 0 Å². The zero-order chi connectivity index (χ0) is 18.5. The molecule has 142 valence electrons. The molecule has 12 nitrogen and oxygen atoms in total. The monoisotopic (exact) mass is 385 g/mol. The number of aliphatic hydroxyl groups excluding tert-OH is 1. The molecule has 0 amide bonds. The Morgan fingerprint density at radius 3 is 3.04 bits per heavy atom. The molecular formula is C12H21BN7O5P. The number of nitrogen functional groups attached to an aromatic ring is 1. The molecule has 2 aromatic rings. The number of ether oxygens (including phenoxy) is 1. The van der Waals surface area contributed by atoms with Crippen molar-refractivity contribution in [3.05, 3.63) is 6.33 Å². The Labute approximate surface area is 149 Å². The molecule has 0 bridgehead atoms. The molecule has 0 radical (unpaired) electrons. The predicted octanol–water partition coefficient (Wildman–Crippen LogP) is -2.51. The number of aromatic nitrogens is 4. The summed E-state index contributed by atoms with van der Waals surface area (Å²) in [6, 6.07) is 0. The normalized spacial score (nSPS) is 31.7. The first kappa shape index (κ1) is 17.8. The van der Waals surface area contributed by atoms with Crippen LogP contribution >= 0.6 is 7.82 Å². The molecule has 0 spiro atoms. The van der Waals surface area contributed by atoms with Crippen molar-refractivity contribution in [2.24, 2.45) is 5.73 Å². The average molecular weight is 385 g/mol. The molecular weight excluding hydrogens is 364 g/mol. The summed E-state index contributed by atoms with van der Waals surface area (Å²) in [6.07, 6.45) is -1.56. The van der Waals surface area contributed by atoms with E-state index < -0.39 is 32.4 Å². The molecule has 2 aliphatic heterocycles. The summed E-state index contributed by atoms with van der Waals surface area (Å²) in [5.41, 5.74) is 12.2. The van der Waals surface area contributed by atoms with Crippen molar-refractivity contribution in [1.29, 1.82) is 0 Å². The number of aliphatic hydroxyl groups is 1. The minimum atomic E-state index is -3.25. The Bertz CT molecular complexity index is 823. The van der Waals surface area contributed by atoms with Crippen molar-refractivity contribution in [2.45, 2.75) is 24.5 Å². The SMILES string of the molecule is B[PH]1(O)OC[C@H]2O[C@@H](n3cnc4c(N)nc(NCCN)nc43)[C@@H](O)[C@H]2O1. The molecule has 7 N–H and O–H groups in total. The van der Waals surface area contributed by atoms with Gasteiger partial charge in [0.1, 0.15) is 0 Å². The summed E-state index contributed by atoms with van der Waals surface area (Å²) in [7, 11) is -1.75. The maximum atomic E-state index is 10.7. The summed E-state index contributed by atoms with van der Waals surface area (Å²) in [5, 5.41) is 13.6. The number of hydrogen-bond donors (Lipinski definition) is 5. The Kier molecular flexibility index (Phi) is 4.47. The molecule has 0 aromatic carbocycles. The summed E-state index contributed by atoms with van der Waals surface area (Å²) in [5.74, 6) is 0.509. The Balaban J connectivity index is 1.67. The Hall–Kier alpha value is -1.60. The summed E-state index contributed by atoms with van der Waals surface area (Å²) in [4.78, 5) is 22.8. The van der Waals surface area contributed by atoms with Crippen molar-refractivity contribution in [1.82, 2.24) is 19.5 Å². The van der Waals surface area contributed by atoms with E-state index >= 15 is 0 Å². The van der Waals surface area contributed by atoms with Crippen LogP contribution in [0.5, 0.6) is 0 Å². The molecule has 0 unspecified atom stereocenters. The number of fused-ring (bicyclic) bond motifs is 2. The van der Waals surface area contributed by atoms with E-state index in [9.17, 15) is 10.00 Å². The van der Waals surface area contributed by atoms with Crippen LogP contribution in [0.2, 0.25) is 0 Å². The van der Waals surface area contributed by atoms with E-state index in [1.165, 1.54) is 13.9 Å². The number of nitrogens with one attached hydrogen (secondary N) is 1. The number of anilines is 2. The molecule has 4 atom stereocenters. The second-order valence-electron chi connectivity index (χ2n) is 6.32. The van der Waals surface area contributed by atoms with Gasteiger partial charge in [0, 0.05) is 0 Å². The standard InChI is InChI=1S/C12H21BN7O5P/c13-26(22)23-3-5-8(25-26)7(21)11(24-5)20-4-17-6-9(15)18-12(16-2-1-14)19-10(6)20/h4-5,7-8,11,21-22,26H,1-3,13-14H2,(H3,15,16,18,19)/t5-,7+,8+,11-/m1/s1. The van der Waals surface area contributed by atoms with Gasteiger partial charge in [0.25, 0.3) is 0 Å². The molecule has 26 heavy (non-hydrogen) atoms. The first-order valence-electron chi connectivity index (χ1n) is 8.21. The van der Waals surface area contributed by atoms with Crippen molar-refractivity contribution in [3.8, 4) is 0 Å². The predicted molar refractivity (Wildman–Crippen MR) is 97.1 cm³/mol. The fourth-order valence-corrected chi connectivity index (χ4v) is 4.48.